The Labute approximate surface area is 99.9 Å². The van der Waals surface area contributed by atoms with Crippen LogP contribution in [0, 0.1) is 0 Å². The van der Waals surface area contributed by atoms with Crippen molar-refractivity contribution in [3.8, 4) is 5.75 Å². The van der Waals surface area contributed by atoms with Crippen molar-refractivity contribution in [2.75, 3.05) is 0 Å². The molecule has 3 rings (SSSR count). The van der Waals surface area contributed by atoms with Crippen molar-refractivity contribution in [3.05, 3.63) is 65.2 Å². The van der Waals surface area contributed by atoms with E-state index in [1.165, 1.54) is 5.56 Å². The van der Waals surface area contributed by atoms with E-state index < -0.39 is 0 Å². The molecule has 0 unspecified atom stereocenters. The second kappa shape index (κ2) is 4.06. The predicted octanol–water partition coefficient (Wildman–Crippen LogP) is 3.18. The fraction of sp³-hybridized carbons (Fsp3) is 0.133. The van der Waals surface area contributed by atoms with Crippen LogP contribution < -0.4 is 4.74 Å². The van der Waals surface area contributed by atoms with Crippen LogP contribution in [0.2, 0.25) is 0 Å². The Bertz CT molecular complexity index is 546. The van der Waals surface area contributed by atoms with Gasteiger partial charge in [-0.2, -0.15) is 0 Å². The molecule has 0 fully saturated rings. The Balaban J connectivity index is 1.90. The van der Waals surface area contributed by atoms with Crippen LogP contribution in [0.15, 0.2) is 48.5 Å². The van der Waals surface area contributed by atoms with Gasteiger partial charge in [-0.3, -0.25) is 4.79 Å². The Kier molecular flexibility index (Phi) is 2.41. The molecule has 0 saturated heterocycles. The second-order valence-corrected chi connectivity index (χ2v) is 4.21. The summed E-state index contributed by atoms with van der Waals surface area (Å²) in [6.07, 6.45) is 1.78. The van der Waals surface area contributed by atoms with Crippen molar-refractivity contribution < 1.29 is 9.53 Å². The number of benzene rings is 2. The Morgan fingerprint density at radius 2 is 1.94 bits per heavy atom. The number of rotatable bonds is 2. The number of carbonyl (C=O) groups excluding carboxylic acids is 1. The SMILES string of the molecule is O=Cc1ccc2c(c1)C[C@H](c1ccccc1)O2. The molecule has 0 N–H and O–H groups in total. The van der Waals surface area contributed by atoms with E-state index in [0.717, 1.165) is 24.0 Å². The highest BCUT2D eigenvalue weighted by Crippen LogP contribution is 2.36. The third kappa shape index (κ3) is 1.82. The third-order valence-corrected chi connectivity index (χ3v) is 3.07. The van der Waals surface area contributed by atoms with Gasteiger partial charge in [0.15, 0.2) is 0 Å². The van der Waals surface area contributed by atoms with Gasteiger partial charge in [0, 0.05) is 12.0 Å². The number of hydrogen-bond donors (Lipinski definition) is 0. The maximum absolute atomic E-state index is 10.7. The normalized spacial score (nSPS) is 17.3. The van der Waals surface area contributed by atoms with Gasteiger partial charge in [0.2, 0.25) is 0 Å². The van der Waals surface area contributed by atoms with E-state index >= 15 is 0 Å². The fourth-order valence-electron chi connectivity index (χ4n) is 2.20. The maximum Gasteiger partial charge on any atom is 0.150 e. The van der Waals surface area contributed by atoms with Gasteiger partial charge in [0.1, 0.15) is 18.1 Å². The van der Waals surface area contributed by atoms with Crippen LogP contribution >= 0.6 is 0 Å². The summed E-state index contributed by atoms with van der Waals surface area (Å²) in [4.78, 5) is 10.7. The molecule has 1 aliphatic heterocycles. The zero-order valence-corrected chi connectivity index (χ0v) is 9.30. The summed E-state index contributed by atoms with van der Waals surface area (Å²) in [7, 11) is 0. The minimum Gasteiger partial charge on any atom is -0.485 e. The molecule has 1 aliphatic rings. The van der Waals surface area contributed by atoms with Gasteiger partial charge in [-0.25, -0.2) is 0 Å². The van der Waals surface area contributed by atoms with Crippen molar-refractivity contribution >= 4 is 6.29 Å². The molecule has 84 valence electrons. The lowest BCUT2D eigenvalue weighted by Gasteiger charge is -2.10. The van der Waals surface area contributed by atoms with Crippen molar-refractivity contribution in [2.24, 2.45) is 0 Å². The molecule has 17 heavy (non-hydrogen) atoms. The lowest BCUT2D eigenvalue weighted by molar-refractivity contribution is 0.112. The van der Waals surface area contributed by atoms with Crippen LogP contribution in [-0.2, 0) is 6.42 Å². The minimum absolute atomic E-state index is 0.0769. The molecule has 0 spiro atoms. The summed E-state index contributed by atoms with van der Waals surface area (Å²) < 4.78 is 5.88. The lowest BCUT2D eigenvalue weighted by Crippen LogP contribution is -2.02. The Morgan fingerprint density at radius 3 is 2.71 bits per heavy atom. The van der Waals surface area contributed by atoms with E-state index in [0.29, 0.717) is 5.56 Å². The van der Waals surface area contributed by atoms with Gasteiger partial charge < -0.3 is 4.74 Å². The standard InChI is InChI=1S/C15H12O2/c16-10-11-6-7-14-13(8-11)9-15(17-14)12-4-2-1-3-5-12/h1-8,10,15H,9H2/t15-/m1/s1. The molecule has 2 aromatic carbocycles. The number of aldehydes is 1. The molecule has 0 saturated carbocycles. The third-order valence-electron chi connectivity index (χ3n) is 3.07. The first kappa shape index (κ1) is 10.1. The van der Waals surface area contributed by atoms with Gasteiger partial charge in [-0.1, -0.05) is 30.3 Å². The van der Waals surface area contributed by atoms with Gasteiger partial charge in [-0.05, 0) is 29.3 Å². The molecule has 0 bridgehead atoms. The fourth-order valence-corrected chi connectivity index (χ4v) is 2.20. The summed E-state index contributed by atoms with van der Waals surface area (Å²) in [5.41, 5.74) is 3.00. The van der Waals surface area contributed by atoms with Crippen LogP contribution in [0.3, 0.4) is 0 Å². The van der Waals surface area contributed by atoms with E-state index in [1.807, 2.05) is 30.3 Å². The summed E-state index contributed by atoms with van der Waals surface area (Å²) in [6.45, 7) is 0. The van der Waals surface area contributed by atoms with E-state index in [-0.39, 0.29) is 6.10 Å². The zero-order valence-electron chi connectivity index (χ0n) is 9.30. The first-order chi connectivity index (χ1) is 8.36. The van der Waals surface area contributed by atoms with Gasteiger partial charge in [-0.15, -0.1) is 0 Å². The smallest absolute Gasteiger partial charge is 0.150 e. The molecule has 0 aliphatic carbocycles. The molecular weight excluding hydrogens is 212 g/mol. The second-order valence-electron chi connectivity index (χ2n) is 4.21. The first-order valence-electron chi connectivity index (χ1n) is 5.66. The van der Waals surface area contributed by atoms with Crippen molar-refractivity contribution in [2.45, 2.75) is 12.5 Å². The molecular formula is C15H12O2. The Hall–Kier alpha value is -2.09. The van der Waals surface area contributed by atoms with E-state index in [1.54, 1.807) is 6.07 Å². The summed E-state index contributed by atoms with van der Waals surface area (Å²) in [5, 5.41) is 0. The molecule has 2 heteroatoms. The summed E-state index contributed by atoms with van der Waals surface area (Å²) >= 11 is 0. The Morgan fingerprint density at radius 1 is 1.12 bits per heavy atom. The average Bonchev–Trinajstić information content (AvgIpc) is 2.82. The van der Waals surface area contributed by atoms with Crippen molar-refractivity contribution in [3.63, 3.8) is 0 Å². The molecule has 0 radical (unpaired) electrons. The average molecular weight is 224 g/mol. The number of carbonyl (C=O) groups is 1. The van der Waals surface area contributed by atoms with Gasteiger partial charge in [0.05, 0.1) is 0 Å². The van der Waals surface area contributed by atoms with Gasteiger partial charge in [0.25, 0.3) is 0 Å². The number of ether oxygens (including phenoxy) is 1. The summed E-state index contributed by atoms with van der Waals surface area (Å²) in [6, 6.07) is 15.7. The van der Waals surface area contributed by atoms with Gasteiger partial charge >= 0.3 is 0 Å². The molecule has 1 atom stereocenters. The zero-order chi connectivity index (χ0) is 11.7. The van der Waals surface area contributed by atoms with Crippen molar-refractivity contribution in [1.29, 1.82) is 0 Å². The van der Waals surface area contributed by atoms with Crippen LogP contribution in [0.1, 0.15) is 27.6 Å². The highest BCUT2D eigenvalue weighted by atomic mass is 16.5. The monoisotopic (exact) mass is 224 g/mol. The number of fused-ring (bicyclic) bond motifs is 1. The maximum atomic E-state index is 10.7. The molecule has 1 heterocycles. The molecule has 2 aromatic rings. The number of hydrogen-bond acceptors (Lipinski definition) is 2. The highest BCUT2D eigenvalue weighted by molar-refractivity contribution is 5.75. The van der Waals surface area contributed by atoms with Crippen LogP contribution in [0.4, 0.5) is 0 Å². The quantitative estimate of drug-likeness (QED) is 0.732. The van der Waals surface area contributed by atoms with Crippen LogP contribution in [0.25, 0.3) is 0 Å². The molecule has 2 nitrogen and oxygen atoms in total. The van der Waals surface area contributed by atoms with E-state index in [4.69, 9.17) is 4.74 Å². The largest absolute Gasteiger partial charge is 0.485 e. The lowest BCUT2D eigenvalue weighted by atomic mass is 10.0. The predicted molar refractivity (Wildman–Crippen MR) is 65.3 cm³/mol. The van der Waals surface area contributed by atoms with E-state index in [9.17, 15) is 4.79 Å². The van der Waals surface area contributed by atoms with Crippen molar-refractivity contribution in [1.82, 2.24) is 0 Å². The topological polar surface area (TPSA) is 26.3 Å². The molecule has 0 aromatic heterocycles. The summed E-state index contributed by atoms with van der Waals surface area (Å²) in [5.74, 6) is 0.893. The van der Waals surface area contributed by atoms with Crippen LogP contribution in [0.5, 0.6) is 5.75 Å². The van der Waals surface area contributed by atoms with E-state index in [2.05, 4.69) is 12.1 Å². The minimum atomic E-state index is 0.0769. The first-order valence-corrected chi connectivity index (χ1v) is 5.66. The van der Waals surface area contributed by atoms with Crippen LogP contribution in [-0.4, -0.2) is 6.29 Å². The molecule has 0 amide bonds. The highest BCUT2D eigenvalue weighted by Gasteiger charge is 2.24.